The van der Waals surface area contributed by atoms with Gasteiger partial charge in [-0.25, -0.2) is 4.98 Å². The topological polar surface area (TPSA) is 28.2 Å². The molecule has 0 atom stereocenters. The minimum atomic E-state index is 0.479. The molecule has 0 aliphatic carbocycles. The fraction of sp³-hybridized carbons (Fsp3) is 0.643. The lowest BCUT2D eigenvalue weighted by atomic mass is 10.2. The van der Waals surface area contributed by atoms with Gasteiger partial charge in [-0.15, -0.1) is 0 Å². The number of pyridine rings is 1. The summed E-state index contributed by atoms with van der Waals surface area (Å²) in [5, 5.41) is 3.45. The third kappa shape index (κ3) is 4.00. The number of hydrogen-bond acceptors (Lipinski definition) is 3. The summed E-state index contributed by atoms with van der Waals surface area (Å²) in [6, 6.07) is 5.14. The van der Waals surface area contributed by atoms with Gasteiger partial charge in [0.2, 0.25) is 0 Å². The standard InChI is InChI=1S/C14H25N3/c1-6-17(12(4)5)14-13(8-7-9-15-14)10-16-11(2)3/h7-9,11-12,16H,6,10H2,1-5H3. The van der Waals surface area contributed by atoms with Gasteiger partial charge in [0.1, 0.15) is 5.82 Å². The summed E-state index contributed by atoms with van der Waals surface area (Å²) >= 11 is 0. The third-order valence-corrected chi connectivity index (χ3v) is 2.80. The molecule has 0 radical (unpaired) electrons. The van der Waals surface area contributed by atoms with E-state index in [1.54, 1.807) is 0 Å². The van der Waals surface area contributed by atoms with E-state index in [1.165, 1.54) is 5.56 Å². The summed E-state index contributed by atoms with van der Waals surface area (Å²) in [4.78, 5) is 6.87. The Balaban J connectivity index is 2.89. The first-order valence-electron chi connectivity index (χ1n) is 6.50. The van der Waals surface area contributed by atoms with E-state index in [0.717, 1.165) is 18.9 Å². The Bertz CT molecular complexity index is 334. The summed E-state index contributed by atoms with van der Waals surface area (Å²) in [5.74, 6) is 1.11. The molecule has 0 fully saturated rings. The van der Waals surface area contributed by atoms with Gasteiger partial charge in [-0.2, -0.15) is 0 Å². The summed E-state index contributed by atoms with van der Waals surface area (Å²) in [5.41, 5.74) is 1.27. The first-order chi connectivity index (χ1) is 8.06. The van der Waals surface area contributed by atoms with Crippen LogP contribution in [0.5, 0.6) is 0 Å². The van der Waals surface area contributed by atoms with Crippen LogP contribution < -0.4 is 10.2 Å². The molecule has 0 bridgehead atoms. The van der Waals surface area contributed by atoms with Gasteiger partial charge in [-0.1, -0.05) is 19.9 Å². The number of nitrogens with zero attached hydrogens (tertiary/aromatic N) is 2. The van der Waals surface area contributed by atoms with Gasteiger partial charge in [0.15, 0.2) is 0 Å². The number of hydrogen-bond donors (Lipinski definition) is 1. The van der Waals surface area contributed by atoms with Crippen LogP contribution in [-0.2, 0) is 6.54 Å². The highest BCUT2D eigenvalue weighted by Gasteiger charge is 2.13. The Kier molecular flexibility index (Phi) is 5.42. The summed E-state index contributed by atoms with van der Waals surface area (Å²) in [7, 11) is 0. The zero-order valence-corrected chi connectivity index (χ0v) is 11.7. The van der Waals surface area contributed by atoms with Gasteiger partial charge in [0, 0.05) is 36.9 Å². The largest absolute Gasteiger partial charge is 0.354 e. The molecule has 0 aliphatic rings. The van der Waals surface area contributed by atoms with Crippen LogP contribution in [0, 0.1) is 0 Å². The molecule has 96 valence electrons. The molecule has 0 aromatic carbocycles. The summed E-state index contributed by atoms with van der Waals surface area (Å²) in [6.45, 7) is 12.8. The molecule has 0 amide bonds. The molecule has 0 saturated carbocycles. The van der Waals surface area contributed by atoms with E-state index >= 15 is 0 Å². The van der Waals surface area contributed by atoms with E-state index in [-0.39, 0.29) is 0 Å². The second-order valence-corrected chi connectivity index (χ2v) is 4.90. The first kappa shape index (κ1) is 14.0. The van der Waals surface area contributed by atoms with E-state index < -0.39 is 0 Å². The van der Waals surface area contributed by atoms with Gasteiger partial charge < -0.3 is 10.2 Å². The Labute approximate surface area is 105 Å². The normalized spacial score (nSPS) is 11.2. The van der Waals surface area contributed by atoms with E-state index in [1.807, 2.05) is 12.3 Å². The van der Waals surface area contributed by atoms with E-state index in [0.29, 0.717) is 12.1 Å². The minimum absolute atomic E-state index is 0.479. The fourth-order valence-electron chi connectivity index (χ4n) is 1.90. The minimum Gasteiger partial charge on any atom is -0.354 e. The molecule has 3 heteroatoms. The zero-order valence-electron chi connectivity index (χ0n) is 11.7. The van der Waals surface area contributed by atoms with Crippen molar-refractivity contribution >= 4 is 5.82 Å². The Morgan fingerprint density at radius 2 is 2.00 bits per heavy atom. The molecule has 1 heterocycles. The number of nitrogens with one attached hydrogen (secondary N) is 1. The van der Waals surface area contributed by atoms with Gasteiger partial charge in [-0.05, 0) is 26.8 Å². The number of aromatic nitrogens is 1. The molecular weight excluding hydrogens is 210 g/mol. The van der Waals surface area contributed by atoms with Crippen molar-refractivity contribution in [2.75, 3.05) is 11.4 Å². The average Bonchev–Trinajstić information content (AvgIpc) is 2.28. The highest BCUT2D eigenvalue weighted by atomic mass is 15.2. The molecule has 0 saturated heterocycles. The number of anilines is 1. The van der Waals surface area contributed by atoms with Crippen LogP contribution >= 0.6 is 0 Å². The molecule has 17 heavy (non-hydrogen) atoms. The van der Waals surface area contributed by atoms with Crippen LogP contribution in [0.3, 0.4) is 0 Å². The first-order valence-corrected chi connectivity index (χ1v) is 6.50. The van der Waals surface area contributed by atoms with E-state index in [9.17, 15) is 0 Å². The maximum atomic E-state index is 4.53. The molecule has 3 nitrogen and oxygen atoms in total. The molecule has 0 aliphatic heterocycles. The third-order valence-electron chi connectivity index (χ3n) is 2.80. The predicted molar refractivity (Wildman–Crippen MR) is 74.4 cm³/mol. The SMILES string of the molecule is CCN(c1ncccc1CNC(C)C)C(C)C. The van der Waals surface area contributed by atoms with Gasteiger partial charge in [0.05, 0.1) is 0 Å². The zero-order chi connectivity index (χ0) is 12.8. The lowest BCUT2D eigenvalue weighted by Gasteiger charge is -2.28. The maximum Gasteiger partial charge on any atom is 0.133 e. The van der Waals surface area contributed by atoms with Gasteiger partial charge in [-0.3, -0.25) is 0 Å². The Morgan fingerprint density at radius 3 is 2.53 bits per heavy atom. The van der Waals surface area contributed by atoms with Gasteiger partial charge >= 0.3 is 0 Å². The van der Waals surface area contributed by atoms with Crippen molar-refractivity contribution in [1.29, 1.82) is 0 Å². The monoisotopic (exact) mass is 235 g/mol. The van der Waals surface area contributed by atoms with Crippen molar-refractivity contribution in [3.05, 3.63) is 23.9 Å². The van der Waals surface area contributed by atoms with Crippen LogP contribution in [0.15, 0.2) is 18.3 Å². The van der Waals surface area contributed by atoms with Crippen molar-refractivity contribution in [1.82, 2.24) is 10.3 Å². The van der Waals surface area contributed by atoms with Crippen LogP contribution in [0.25, 0.3) is 0 Å². The lowest BCUT2D eigenvalue weighted by molar-refractivity contribution is 0.584. The molecule has 0 spiro atoms. The molecule has 0 unspecified atom stereocenters. The van der Waals surface area contributed by atoms with Crippen molar-refractivity contribution in [2.45, 2.75) is 53.2 Å². The predicted octanol–water partition coefficient (Wildman–Crippen LogP) is 2.81. The van der Waals surface area contributed by atoms with Crippen molar-refractivity contribution in [3.63, 3.8) is 0 Å². The van der Waals surface area contributed by atoms with Crippen LogP contribution in [0.2, 0.25) is 0 Å². The van der Waals surface area contributed by atoms with Crippen molar-refractivity contribution < 1.29 is 0 Å². The van der Waals surface area contributed by atoms with E-state index in [2.05, 4.69) is 55.9 Å². The van der Waals surface area contributed by atoms with Crippen molar-refractivity contribution in [2.24, 2.45) is 0 Å². The fourth-order valence-corrected chi connectivity index (χ4v) is 1.90. The second kappa shape index (κ2) is 6.60. The van der Waals surface area contributed by atoms with Crippen LogP contribution in [0.1, 0.15) is 40.2 Å². The highest BCUT2D eigenvalue weighted by molar-refractivity contribution is 5.47. The summed E-state index contributed by atoms with van der Waals surface area (Å²) < 4.78 is 0. The van der Waals surface area contributed by atoms with Crippen LogP contribution in [-0.4, -0.2) is 23.6 Å². The molecule has 1 aromatic heterocycles. The van der Waals surface area contributed by atoms with Crippen molar-refractivity contribution in [3.8, 4) is 0 Å². The lowest BCUT2D eigenvalue weighted by Crippen LogP contribution is -2.33. The maximum absolute atomic E-state index is 4.53. The highest BCUT2D eigenvalue weighted by Crippen LogP contribution is 2.19. The quantitative estimate of drug-likeness (QED) is 0.822. The smallest absolute Gasteiger partial charge is 0.133 e. The average molecular weight is 235 g/mol. The molecular formula is C14H25N3. The molecule has 1 rings (SSSR count). The molecule has 1 N–H and O–H groups in total. The Morgan fingerprint density at radius 1 is 1.29 bits per heavy atom. The van der Waals surface area contributed by atoms with E-state index in [4.69, 9.17) is 0 Å². The second-order valence-electron chi connectivity index (χ2n) is 4.90. The molecule has 1 aromatic rings. The number of rotatable bonds is 6. The Hall–Kier alpha value is -1.09. The summed E-state index contributed by atoms with van der Waals surface area (Å²) in [6.07, 6.45) is 1.87. The van der Waals surface area contributed by atoms with Gasteiger partial charge in [0.25, 0.3) is 0 Å². The van der Waals surface area contributed by atoms with Crippen LogP contribution in [0.4, 0.5) is 5.82 Å².